The lowest BCUT2D eigenvalue weighted by molar-refractivity contribution is 0.593. The van der Waals surface area contributed by atoms with Gasteiger partial charge in [0, 0.05) is 23.7 Å². The molecule has 18 heavy (non-hydrogen) atoms. The fourth-order valence-corrected chi connectivity index (χ4v) is 2.74. The van der Waals surface area contributed by atoms with Crippen molar-refractivity contribution in [3.05, 3.63) is 29.6 Å². The van der Waals surface area contributed by atoms with Crippen LogP contribution in [0.15, 0.2) is 29.6 Å². The topological polar surface area (TPSA) is 97.1 Å². The molecule has 0 unspecified atom stereocenters. The minimum atomic E-state index is -3.52. The Balaban J connectivity index is 2.23. The Kier molecular flexibility index (Phi) is 3.50. The van der Waals surface area contributed by atoms with Crippen LogP contribution < -0.4 is 15.2 Å². The molecular formula is C10H12N4O2S2. The quantitative estimate of drug-likeness (QED) is 0.736. The molecule has 0 saturated heterocycles. The van der Waals surface area contributed by atoms with Crippen LogP contribution in [0.4, 0.5) is 10.8 Å². The Hall–Kier alpha value is -1.64. The van der Waals surface area contributed by atoms with Crippen molar-refractivity contribution in [2.75, 3.05) is 17.5 Å². The van der Waals surface area contributed by atoms with Gasteiger partial charge in [-0.05, 0) is 12.1 Å². The minimum absolute atomic E-state index is 0.316. The van der Waals surface area contributed by atoms with Crippen molar-refractivity contribution in [3.63, 3.8) is 0 Å². The maximum atomic E-state index is 11.3. The van der Waals surface area contributed by atoms with E-state index in [1.54, 1.807) is 17.5 Å². The summed E-state index contributed by atoms with van der Waals surface area (Å²) >= 11 is 1.22. The SMILES string of the molecule is CNS(=O)(=O)Nc1nc(-c2ccc(N)cc2)cs1. The summed E-state index contributed by atoms with van der Waals surface area (Å²) in [6, 6.07) is 7.21. The van der Waals surface area contributed by atoms with E-state index in [-0.39, 0.29) is 0 Å². The fraction of sp³-hybridized carbons (Fsp3) is 0.100. The molecule has 0 fully saturated rings. The van der Waals surface area contributed by atoms with Crippen LogP contribution in [0.5, 0.6) is 0 Å². The first-order valence-electron chi connectivity index (χ1n) is 5.03. The Bertz CT molecular complexity index is 634. The zero-order valence-electron chi connectivity index (χ0n) is 9.54. The highest BCUT2D eigenvalue weighted by molar-refractivity contribution is 7.91. The van der Waals surface area contributed by atoms with E-state index >= 15 is 0 Å². The van der Waals surface area contributed by atoms with E-state index in [1.165, 1.54) is 18.4 Å². The van der Waals surface area contributed by atoms with Gasteiger partial charge >= 0.3 is 10.2 Å². The molecule has 0 saturated carbocycles. The lowest BCUT2D eigenvalue weighted by Crippen LogP contribution is -2.26. The molecule has 0 aliphatic carbocycles. The third kappa shape index (κ3) is 2.97. The van der Waals surface area contributed by atoms with E-state index in [0.717, 1.165) is 5.56 Å². The van der Waals surface area contributed by atoms with E-state index in [0.29, 0.717) is 16.5 Å². The Morgan fingerprint density at radius 1 is 1.28 bits per heavy atom. The largest absolute Gasteiger partial charge is 0.399 e. The molecule has 96 valence electrons. The first kappa shape index (κ1) is 12.8. The van der Waals surface area contributed by atoms with Crippen molar-refractivity contribution in [1.82, 2.24) is 9.71 Å². The van der Waals surface area contributed by atoms with E-state index in [1.807, 2.05) is 12.1 Å². The zero-order valence-corrected chi connectivity index (χ0v) is 11.2. The van der Waals surface area contributed by atoms with Gasteiger partial charge in [0.25, 0.3) is 0 Å². The number of aromatic nitrogens is 1. The fourth-order valence-electron chi connectivity index (χ4n) is 1.27. The third-order valence-electron chi connectivity index (χ3n) is 2.20. The number of rotatable bonds is 4. The number of nitrogens with two attached hydrogens (primary N) is 1. The Morgan fingerprint density at radius 2 is 1.94 bits per heavy atom. The number of nitrogen functional groups attached to an aromatic ring is 1. The van der Waals surface area contributed by atoms with Crippen molar-refractivity contribution in [2.45, 2.75) is 0 Å². The summed E-state index contributed by atoms with van der Waals surface area (Å²) in [4.78, 5) is 4.19. The normalized spacial score (nSPS) is 11.4. The van der Waals surface area contributed by atoms with Crippen LogP contribution in [0.2, 0.25) is 0 Å². The second kappa shape index (κ2) is 4.92. The number of nitrogens with one attached hydrogen (secondary N) is 2. The molecule has 0 radical (unpaired) electrons. The zero-order chi connectivity index (χ0) is 13.2. The highest BCUT2D eigenvalue weighted by atomic mass is 32.2. The summed E-state index contributed by atoms with van der Waals surface area (Å²) in [6.45, 7) is 0. The van der Waals surface area contributed by atoms with E-state index < -0.39 is 10.2 Å². The first-order chi connectivity index (χ1) is 8.50. The highest BCUT2D eigenvalue weighted by Crippen LogP contribution is 2.25. The average Bonchev–Trinajstić information content (AvgIpc) is 2.78. The lowest BCUT2D eigenvalue weighted by atomic mass is 10.2. The van der Waals surface area contributed by atoms with Crippen LogP contribution in [-0.2, 0) is 10.2 Å². The van der Waals surface area contributed by atoms with Crippen molar-refractivity contribution in [2.24, 2.45) is 0 Å². The van der Waals surface area contributed by atoms with Crippen LogP contribution in [0, 0.1) is 0 Å². The minimum Gasteiger partial charge on any atom is -0.399 e. The molecule has 2 aromatic rings. The van der Waals surface area contributed by atoms with E-state index in [2.05, 4.69) is 14.4 Å². The van der Waals surface area contributed by atoms with Crippen molar-refractivity contribution >= 4 is 32.4 Å². The predicted molar refractivity (Wildman–Crippen MR) is 73.6 cm³/mol. The summed E-state index contributed by atoms with van der Waals surface area (Å²) in [5, 5.41) is 2.09. The molecule has 1 aromatic heterocycles. The highest BCUT2D eigenvalue weighted by Gasteiger charge is 2.10. The smallest absolute Gasteiger partial charge is 0.300 e. The Morgan fingerprint density at radius 3 is 2.56 bits per heavy atom. The molecule has 1 aromatic carbocycles. The second-order valence-corrected chi connectivity index (χ2v) is 5.95. The first-order valence-corrected chi connectivity index (χ1v) is 7.39. The van der Waals surface area contributed by atoms with Gasteiger partial charge in [0.05, 0.1) is 5.69 Å². The number of benzene rings is 1. The molecule has 8 heteroatoms. The molecule has 4 N–H and O–H groups in total. The maximum absolute atomic E-state index is 11.3. The van der Waals surface area contributed by atoms with E-state index in [9.17, 15) is 8.42 Å². The molecule has 1 heterocycles. The monoisotopic (exact) mass is 284 g/mol. The van der Waals surface area contributed by atoms with Crippen LogP contribution in [0.3, 0.4) is 0 Å². The summed E-state index contributed by atoms with van der Waals surface area (Å²) in [7, 11) is -2.19. The van der Waals surface area contributed by atoms with Crippen molar-refractivity contribution in [3.8, 4) is 11.3 Å². The van der Waals surface area contributed by atoms with Gasteiger partial charge < -0.3 is 5.73 Å². The molecule has 0 aliphatic heterocycles. The van der Waals surface area contributed by atoms with Gasteiger partial charge in [0.2, 0.25) is 0 Å². The lowest BCUT2D eigenvalue weighted by Gasteiger charge is -2.01. The molecular weight excluding hydrogens is 272 g/mol. The Labute approximate surface area is 109 Å². The summed E-state index contributed by atoms with van der Waals surface area (Å²) in [5.74, 6) is 0. The predicted octanol–water partition coefficient (Wildman–Crippen LogP) is 1.27. The van der Waals surface area contributed by atoms with Gasteiger partial charge in [-0.1, -0.05) is 12.1 Å². The molecule has 2 rings (SSSR count). The molecule has 0 aliphatic rings. The second-order valence-electron chi connectivity index (χ2n) is 3.47. The standard InChI is InChI=1S/C10H12N4O2S2/c1-12-18(15,16)14-10-13-9(6-17-10)7-2-4-8(11)5-3-7/h2-6,12H,11H2,1H3,(H,13,14). The molecule has 6 nitrogen and oxygen atoms in total. The summed E-state index contributed by atoms with van der Waals surface area (Å²) < 4.78 is 27.0. The number of hydrogen-bond acceptors (Lipinski definition) is 5. The number of nitrogens with zero attached hydrogens (tertiary/aromatic N) is 1. The van der Waals surface area contributed by atoms with Gasteiger partial charge in [0.15, 0.2) is 5.13 Å². The van der Waals surface area contributed by atoms with Gasteiger partial charge in [-0.2, -0.15) is 8.42 Å². The third-order valence-corrected chi connectivity index (χ3v) is 4.09. The van der Waals surface area contributed by atoms with Crippen LogP contribution in [-0.4, -0.2) is 20.4 Å². The summed E-state index contributed by atoms with van der Waals surface area (Å²) in [6.07, 6.45) is 0. The number of anilines is 2. The van der Waals surface area contributed by atoms with Gasteiger partial charge in [-0.25, -0.2) is 14.4 Å². The van der Waals surface area contributed by atoms with Crippen molar-refractivity contribution < 1.29 is 8.42 Å². The number of hydrogen-bond donors (Lipinski definition) is 3. The molecule has 0 spiro atoms. The van der Waals surface area contributed by atoms with Crippen LogP contribution in [0.25, 0.3) is 11.3 Å². The average molecular weight is 284 g/mol. The molecule has 0 bridgehead atoms. The number of thiazole rings is 1. The van der Waals surface area contributed by atoms with Crippen LogP contribution in [0.1, 0.15) is 0 Å². The summed E-state index contributed by atoms with van der Waals surface area (Å²) in [5.41, 5.74) is 7.85. The van der Waals surface area contributed by atoms with E-state index in [4.69, 9.17) is 5.73 Å². The van der Waals surface area contributed by atoms with Gasteiger partial charge in [-0.3, -0.25) is 0 Å². The van der Waals surface area contributed by atoms with Crippen LogP contribution >= 0.6 is 11.3 Å². The molecule has 0 atom stereocenters. The maximum Gasteiger partial charge on any atom is 0.300 e. The van der Waals surface area contributed by atoms with Gasteiger partial charge in [0.1, 0.15) is 0 Å². The van der Waals surface area contributed by atoms with Crippen molar-refractivity contribution in [1.29, 1.82) is 0 Å². The molecule has 0 amide bonds. The van der Waals surface area contributed by atoms with Gasteiger partial charge in [-0.15, -0.1) is 11.3 Å².